The van der Waals surface area contributed by atoms with Crippen molar-refractivity contribution in [3.8, 4) is 67.9 Å². The van der Waals surface area contributed by atoms with E-state index in [1.807, 2.05) is 109 Å². The molecule has 0 aliphatic rings. The number of nitrogens with zero attached hydrogens (tertiary/aromatic N) is 9. The fourth-order valence-electron chi connectivity index (χ4n) is 11.0. The molecule has 11 aromatic carbocycles. The van der Waals surface area contributed by atoms with Crippen molar-refractivity contribution in [2.45, 2.75) is 0 Å². The Labute approximate surface area is 480 Å². The van der Waals surface area contributed by atoms with Gasteiger partial charge in [-0.1, -0.05) is 158 Å². The third-order valence-corrected chi connectivity index (χ3v) is 14.9. The quantitative estimate of drug-likeness (QED) is 0.114. The van der Waals surface area contributed by atoms with E-state index in [1.165, 1.54) is 0 Å². The van der Waals surface area contributed by atoms with Gasteiger partial charge in [0.2, 0.25) is 0 Å². The summed E-state index contributed by atoms with van der Waals surface area (Å²) in [6.07, 6.45) is 0. The number of aromatic nitrogens is 3. The average Bonchev–Trinajstić information content (AvgIpc) is 4.01. The van der Waals surface area contributed by atoms with Crippen LogP contribution in [-0.4, -0.2) is 14.5 Å². The molecule has 2 heterocycles. The van der Waals surface area contributed by atoms with Gasteiger partial charge in [-0.3, -0.25) is 0 Å². The highest BCUT2D eigenvalue weighted by atomic mass is 15.1. The summed E-state index contributed by atoms with van der Waals surface area (Å²) in [7, 11) is 0. The summed E-state index contributed by atoms with van der Waals surface area (Å²) in [5.74, 6) is 0.368. The predicted molar refractivity (Wildman–Crippen MR) is 336 cm³/mol. The number of para-hydroxylation sites is 6. The van der Waals surface area contributed by atoms with Gasteiger partial charge >= 0.3 is 0 Å². The molecule has 83 heavy (non-hydrogen) atoms. The Bertz CT molecular complexity index is 4470. The molecule has 0 saturated carbocycles. The van der Waals surface area contributed by atoms with Gasteiger partial charge in [-0.2, -0.15) is 5.26 Å². The summed E-state index contributed by atoms with van der Waals surface area (Å²) < 4.78 is 2.30. The number of fused-ring (bicyclic) bond motifs is 3. The molecule has 0 saturated heterocycles. The van der Waals surface area contributed by atoms with Crippen molar-refractivity contribution in [2.24, 2.45) is 0 Å². The summed E-state index contributed by atoms with van der Waals surface area (Å²) in [6.45, 7) is 24.1. The monoisotopic (exact) mass is 1060 g/mol. The van der Waals surface area contributed by atoms with Gasteiger partial charge in [0.15, 0.2) is 17.1 Å². The highest BCUT2D eigenvalue weighted by molar-refractivity contribution is 6.12. The molecule has 0 radical (unpaired) electrons. The number of hydrogen-bond acceptors (Lipinski definition) is 5. The molecule has 0 amide bonds. The van der Waals surface area contributed by atoms with Crippen molar-refractivity contribution >= 4 is 73.0 Å². The van der Waals surface area contributed by atoms with Gasteiger partial charge in [0.25, 0.3) is 0 Å². The lowest BCUT2D eigenvalue weighted by atomic mass is 9.93. The summed E-state index contributed by atoms with van der Waals surface area (Å²) in [6, 6.07) is 93.5. The lowest BCUT2D eigenvalue weighted by Crippen LogP contribution is -2.09. The van der Waals surface area contributed by atoms with Gasteiger partial charge in [0.05, 0.1) is 53.8 Å². The number of hydrogen-bond donors (Lipinski definition) is 0. The highest BCUT2D eigenvalue weighted by Gasteiger charge is 2.22. The van der Waals surface area contributed by atoms with E-state index in [9.17, 15) is 5.26 Å². The smallest absolute Gasteiger partial charge is 0.198 e. The van der Waals surface area contributed by atoms with Crippen molar-refractivity contribution in [1.29, 1.82) is 5.26 Å². The van der Waals surface area contributed by atoms with E-state index >= 15 is 0 Å². The lowest BCUT2D eigenvalue weighted by molar-refractivity contribution is 1.18. The van der Waals surface area contributed by atoms with E-state index in [0.717, 1.165) is 78.3 Å². The van der Waals surface area contributed by atoms with Crippen LogP contribution in [0.3, 0.4) is 0 Å². The summed E-state index contributed by atoms with van der Waals surface area (Å²) >= 11 is 0. The van der Waals surface area contributed by atoms with Crippen LogP contribution in [0.4, 0.5) is 51.2 Å². The fraction of sp³-hybridized carbons (Fsp3) is 0. The number of benzene rings is 11. The maximum atomic E-state index is 10.8. The molecule has 0 bridgehead atoms. The van der Waals surface area contributed by atoms with E-state index in [0.29, 0.717) is 62.1 Å². The molecular formula is C74H45N9. The SMILES string of the molecule is [C-]#[N+]c1cc(-c2ccc(-c3cc(-c4ccccc4[N+]#[C-])nc(-c4ccccc4[N+]#[C-])n3)cc2)c(C#N)cc1-c1ccc(-n2c3ccc(N(c4ccccc4)c4ccccc4)cc3c3cc(N(c4ccccc4)c4ccccc4)ccc32)cc1. The molecule has 13 aromatic rings. The van der Waals surface area contributed by atoms with Gasteiger partial charge in [0.1, 0.15) is 5.82 Å². The van der Waals surface area contributed by atoms with Crippen LogP contribution in [0.2, 0.25) is 0 Å². The minimum atomic E-state index is 0.368. The van der Waals surface area contributed by atoms with E-state index in [2.05, 4.69) is 181 Å². The van der Waals surface area contributed by atoms with Crippen molar-refractivity contribution in [1.82, 2.24) is 14.5 Å². The molecule has 2 aromatic heterocycles. The Balaban J connectivity index is 0.886. The van der Waals surface area contributed by atoms with Crippen molar-refractivity contribution in [3.63, 3.8) is 0 Å². The van der Waals surface area contributed by atoms with Gasteiger partial charge in [-0.15, -0.1) is 0 Å². The molecule has 0 aliphatic heterocycles. The standard InChI is InChI=1S/C74H45N9/c1-76-67-30-18-16-28-61(67)71-48-69(79-74(80-71)62-29-17-19-31-68(62)77-2)52-34-32-50(33-35-52)63-47-70(78-3)64(44-53(63)49-75)51-36-38-58(39-37-51)83-72-42-40-59(81(54-20-8-4-9-21-54)55-22-10-5-11-23-55)45-65(72)66-46-60(41-43-73(66)83)82(56-24-12-6-13-25-56)57-26-14-7-15-27-57/h4-48H. The first-order valence-corrected chi connectivity index (χ1v) is 26.9. The summed E-state index contributed by atoms with van der Waals surface area (Å²) in [5, 5.41) is 12.9. The molecule has 9 heteroatoms. The molecule has 0 aliphatic carbocycles. The number of nitriles is 1. The molecule has 9 nitrogen and oxygen atoms in total. The zero-order valence-electron chi connectivity index (χ0n) is 44.5. The van der Waals surface area contributed by atoms with E-state index in [-0.39, 0.29) is 0 Å². The maximum Gasteiger partial charge on any atom is 0.198 e. The molecular weight excluding hydrogens is 1010 g/mol. The Hall–Kier alpha value is -12.1. The van der Waals surface area contributed by atoms with E-state index < -0.39 is 0 Å². The molecule has 0 N–H and O–H groups in total. The Morgan fingerprint density at radius 3 is 1.27 bits per heavy atom. The van der Waals surface area contributed by atoms with E-state index in [1.54, 1.807) is 18.2 Å². The van der Waals surface area contributed by atoms with Gasteiger partial charge in [0, 0.05) is 67.3 Å². The Kier molecular flexibility index (Phi) is 13.3. The van der Waals surface area contributed by atoms with Crippen LogP contribution in [-0.2, 0) is 0 Å². The normalized spacial score (nSPS) is 10.8. The van der Waals surface area contributed by atoms with Crippen LogP contribution in [0, 0.1) is 31.0 Å². The first kappa shape index (κ1) is 50.4. The summed E-state index contributed by atoms with van der Waals surface area (Å²) in [4.78, 5) is 25.9. The lowest BCUT2D eigenvalue weighted by Gasteiger charge is -2.26. The molecule has 13 rings (SSSR count). The minimum absolute atomic E-state index is 0.368. The van der Waals surface area contributed by atoms with Crippen LogP contribution in [0.1, 0.15) is 5.56 Å². The highest BCUT2D eigenvalue weighted by Crippen LogP contribution is 2.45. The summed E-state index contributed by atoms with van der Waals surface area (Å²) in [5.41, 5.74) is 17.0. The van der Waals surface area contributed by atoms with Crippen molar-refractivity contribution in [2.75, 3.05) is 9.80 Å². The third-order valence-electron chi connectivity index (χ3n) is 14.9. The van der Waals surface area contributed by atoms with Gasteiger partial charge in [-0.25, -0.2) is 24.5 Å². The van der Waals surface area contributed by atoms with Crippen LogP contribution in [0.5, 0.6) is 0 Å². The second-order valence-electron chi connectivity index (χ2n) is 19.7. The fourth-order valence-corrected chi connectivity index (χ4v) is 11.0. The Morgan fingerprint density at radius 1 is 0.349 bits per heavy atom. The van der Waals surface area contributed by atoms with Crippen molar-refractivity contribution in [3.05, 3.63) is 313 Å². The third kappa shape index (κ3) is 9.52. The Morgan fingerprint density at radius 2 is 0.771 bits per heavy atom. The molecule has 386 valence electrons. The number of rotatable bonds is 12. The van der Waals surface area contributed by atoms with Gasteiger partial charge < -0.3 is 14.4 Å². The first-order chi connectivity index (χ1) is 41.0. The maximum absolute atomic E-state index is 10.8. The minimum Gasteiger partial charge on any atom is -0.310 e. The zero-order valence-corrected chi connectivity index (χ0v) is 44.5. The molecule has 0 atom stereocenters. The second kappa shape index (κ2) is 21.9. The second-order valence-corrected chi connectivity index (χ2v) is 19.7. The van der Waals surface area contributed by atoms with Crippen LogP contribution in [0.25, 0.3) is 98.2 Å². The topological polar surface area (TPSA) is 74.1 Å². The van der Waals surface area contributed by atoms with Gasteiger partial charge in [-0.05, 0) is 138 Å². The number of anilines is 6. The molecule has 0 spiro atoms. The average molecular weight is 1060 g/mol. The van der Waals surface area contributed by atoms with Crippen LogP contribution in [0.15, 0.2) is 273 Å². The van der Waals surface area contributed by atoms with E-state index in [4.69, 9.17) is 29.7 Å². The van der Waals surface area contributed by atoms with Crippen LogP contribution >= 0.6 is 0 Å². The van der Waals surface area contributed by atoms with Crippen molar-refractivity contribution < 1.29 is 0 Å². The zero-order chi connectivity index (χ0) is 56.2. The molecule has 0 fully saturated rings. The molecule has 0 unspecified atom stereocenters. The largest absolute Gasteiger partial charge is 0.310 e. The predicted octanol–water partition coefficient (Wildman–Crippen LogP) is 20.4. The van der Waals surface area contributed by atoms with Crippen LogP contribution < -0.4 is 9.80 Å². The first-order valence-electron chi connectivity index (χ1n) is 26.9.